The first-order chi connectivity index (χ1) is 9.87. The number of hydrogen-bond acceptors (Lipinski definition) is 4. The molecule has 0 aliphatic carbocycles. The molecular formula is C15H19NO5. The zero-order valence-electron chi connectivity index (χ0n) is 12.1. The first-order valence-corrected chi connectivity index (χ1v) is 6.77. The summed E-state index contributed by atoms with van der Waals surface area (Å²) in [5, 5.41) is 19.0. The molecule has 0 radical (unpaired) electrons. The SMILES string of the molecule is COc1ccc(C(=O)N2CCCC(C)(C(=O)O)C2)cc1O. The number of carbonyl (C=O) groups excluding carboxylic acids is 1. The van der Waals surface area contributed by atoms with Crippen LogP contribution < -0.4 is 4.74 Å². The topological polar surface area (TPSA) is 87.1 Å². The molecule has 1 amide bonds. The van der Waals surface area contributed by atoms with Crippen LogP contribution >= 0.6 is 0 Å². The average Bonchev–Trinajstić information content (AvgIpc) is 2.46. The molecule has 6 heteroatoms. The van der Waals surface area contributed by atoms with Crippen molar-refractivity contribution in [2.75, 3.05) is 20.2 Å². The van der Waals surface area contributed by atoms with E-state index in [0.29, 0.717) is 30.7 Å². The molecule has 1 aliphatic rings. The van der Waals surface area contributed by atoms with E-state index < -0.39 is 11.4 Å². The molecule has 1 aromatic rings. The molecule has 6 nitrogen and oxygen atoms in total. The Hall–Kier alpha value is -2.24. The lowest BCUT2D eigenvalue weighted by atomic mass is 9.82. The summed E-state index contributed by atoms with van der Waals surface area (Å²) in [6.07, 6.45) is 1.21. The van der Waals surface area contributed by atoms with E-state index in [1.807, 2.05) is 0 Å². The molecule has 1 fully saturated rings. The number of hydrogen-bond donors (Lipinski definition) is 2. The van der Waals surface area contributed by atoms with Gasteiger partial charge in [-0.1, -0.05) is 0 Å². The molecule has 1 unspecified atom stereocenters. The van der Waals surface area contributed by atoms with Gasteiger partial charge in [0.1, 0.15) is 0 Å². The van der Waals surface area contributed by atoms with Gasteiger partial charge in [0, 0.05) is 18.7 Å². The van der Waals surface area contributed by atoms with Crippen molar-refractivity contribution in [3.63, 3.8) is 0 Å². The van der Waals surface area contributed by atoms with Crippen LogP contribution in [0, 0.1) is 5.41 Å². The normalized spacial score (nSPS) is 21.9. The maximum absolute atomic E-state index is 12.4. The van der Waals surface area contributed by atoms with E-state index in [1.165, 1.54) is 24.1 Å². The fraction of sp³-hybridized carbons (Fsp3) is 0.467. The average molecular weight is 293 g/mol. The second-order valence-electron chi connectivity index (χ2n) is 5.58. The van der Waals surface area contributed by atoms with E-state index in [-0.39, 0.29) is 18.2 Å². The number of carboxylic acid groups (broad SMARTS) is 1. The van der Waals surface area contributed by atoms with E-state index in [1.54, 1.807) is 13.0 Å². The minimum Gasteiger partial charge on any atom is -0.504 e. The molecule has 0 spiro atoms. The molecule has 1 aliphatic heterocycles. The van der Waals surface area contributed by atoms with Gasteiger partial charge in [0.2, 0.25) is 0 Å². The maximum atomic E-state index is 12.4. The van der Waals surface area contributed by atoms with Crippen LogP contribution in [0.4, 0.5) is 0 Å². The Labute approximate surface area is 122 Å². The van der Waals surface area contributed by atoms with Crippen LogP contribution in [0.25, 0.3) is 0 Å². The Balaban J connectivity index is 2.20. The van der Waals surface area contributed by atoms with Gasteiger partial charge >= 0.3 is 5.97 Å². The third-order valence-electron chi connectivity index (χ3n) is 3.93. The number of nitrogens with zero attached hydrogens (tertiary/aromatic N) is 1. The molecule has 0 aromatic heterocycles. The number of amides is 1. The standard InChI is InChI=1S/C15H19NO5/c1-15(14(19)20)6-3-7-16(9-15)13(18)10-4-5-12(21-2)11(17)8-10/h4-5,8,17H,3,6-7,9H2,1-2H3,(H,19,20). The third kappa shape index (κ3) is 2.94. The smallest absolute Gasteiger partial charge is 0.311 e. The summed E-state index contributed by atoms with van der Waals surface area (Å²) in [6.45, 7) is 2.35. The summed E-state index contributed by atoms with van der Waals surface area (Å²) in [7, 11) is 1.43. The Kier molecular flexibility index (Phi) is 4.06. The molecule has 1 aromatic carbocycles. The minimum atomic E-state index is -0.914. The monoisotopic (exact) mass is 293 g/mol. The lowest BCUT2D eigenvalue weighted by Crippen LogP contribution is -2.48. The van der Waals surface area contributed by atoms with E-state index in [0.717, 1.165) is 0 Å². The molecule has 0 saturated carbocycles. The van der Waals surface area contributed by atoms with Crippen molar-refractivity contribution in [2.45, 2.75) is 19.8 Å². The number of likely N-dealkylation sites (tertiary alicyclic amines) is 1. The van der Waals surface area contributed by atoms with E-state index >= 15 is 0 Å². The van der Waals surface area contributed by atoms with Crippen LogP contribution in [-0.2, 0) is 4.79 Å². The van der Waals surface area contributed by atoms with E-state index in [2.05, 4.69) is 0 Å². The van der Waals surface area contributed by atoms with Crippen molar-refractivity contribution >= 4 is 11.9 Å². The Morgan fingerprint density at radius 1 is 1.38 bits per heavy atom. The zero-order chi connectivity index (χ0) is 15.6. The van der Waals surface area contributed by atoms with Gasteiger partial charge < -0.3 is 19.8 Å². The van der Waals surface area contributed by atoms with Crippen molar-refractivity contribution < 1.29 is 24.5 Å². The van der Waals surface area contributed by atoms with E-state index in [9.17, 15) is 19.8 Å². The summed E-state index contributed by atoms with van der Waals surface area (Å²) >= 11 is 0. The number of aromatic hydroxyl groups is 1. The minimum absolute atomic E-state index is 0.110. The van der Waals surface area contributed by atoms with Gasteiger partial charge in [0.05, 0.1) is 12.5 Å². The summed E-state index contributed by atoms with van der Waals surface area (Å²) in [5.41, 5.74) is -0.592. The molecule has 114 valence electrons. The van der Waals surface area contributed by atoms with Gasteiger partial charge in [0.15, 0.2) is 11.5 Å². The Bertz CT molecular complexity index is 571. The van der Waals surface area contributed by atoms with Gasteiger partial charge in [-0.3, -0.25) is 9.59 Å². The quantitative estimate of drug-likeness (QED) is 0.886. The number of piperidine rings is 1. The molecule has 21 heavy (non-hydrogen) atoms. The first kappa shape index (κ1) is 15.2. The molecule has 2 rings (SSSR count). The molecule has 1 atom stereocenters. The van der Waals surface area contributed by atoms with Crippen LogP contribution in [0.3, 0.4) is 0 Å². The van der Waals surface area contributed by atoms with Crippen LogP contribution in [-0.4, -0.2) is 47.2 Å². The lowest BCUT2D eigenvalue weighted by Gasteiger charge is -2.37. The number of phenols is 1. The highest BCUT2D eigenvalue weighted by atomic mass is 16.5. The van der Waals surface area contributed by atoms with E-state index in [4.69, 9.17) is 4.74 Å². The number of phenolic OH excluding ortho intramolecular Hbond substituents is 1. The number of carbonyl (C=O) groups is 2. The fourth-order valence-corrected chi connectivity index (χ4v) is 2.59. The lowest BCUT2D eigenvalue weighted by molar-refractivity contribution is -0.150. The predicted octanol–water partition coefficient (Wildman–Crippen LogP) is 1.73. The summed E-state index contributed by atoms with van der Waals surface area (Å²) in [4.78, 5) is 25.3. The van der Waals surface area contributed by atoms with Crippen molar-refractivity contribution in [1.82, 2.24) is 4.90 Å². The number of ether oxygens (including phenoxy) is 1. The highest BCUT2D eigenvalue weighted by Crippen LogP contribution is 2.32. The Morgan fingerprint density at radius 2 is 2.10 bits per heavy atom. The molecule has 1 saturated heterocycles. The fourth-order valence-electron chi connectivity index (χ4n) is 2.59. The summed E-state index contributed by atoms with van der Waals surface area (Å²) < 4.78 is 4.94. The van der Waals surface area contributed by atoms with Gasteiger partial charge in [0.25, 0.3) is 5.91 Å². The third-order valence-corrected chi connectivity index (χ3v) is 3.93. The molecule has 2 N–H and O–H groups in total. The van der Waals surface area contributed by atoms with Crippen molar-refractivity contribution in [3.8, 4) is 11.5 Å². The molecule has 1 heterocycles. The zero-order valence-corrected chi connectivity index (χ0v) is 12.1. The van der Waals surface area contributed by atoms with Gasteiger partial charge in [-0.2, -0.15) is 0 Å². The highest BCUT2D eigenvalue weighted by molar-refractivity contribution is 5.95. The molecular weight excluding hydrogens is 274 g/mol. The molecule has 0 bridgehead atoms. The maximum Gasteiger partial charge on any atom is 0.311 e. The number of aliphatic carboxylic acids is 1. The number of rotatable bonds is 3. The number of methoxy groups -OCH3 is 1. The van der Waals surface area contributed by atoms with Crippen LogP contribution in [0.1, 0.15) is 30.1 Å². The van der Waals surface area contributed by atoms with Gasteiger partial charge in [-0.25, -0.2) is 0 Å². The highest BCUT2D eigenvalue weighted by Gasteiger charge is 2.39. The Morgan fingerprint density at radius 3 is 2.67 bits per heavy atom. The van der Waals surface area contributed by atoms with Gasteiger partial charge in [-0.15, -0.1) is 0 Å². The second-order valence-corrected chi connectivity index (χ2v) is 5.58. The van der Waals surface area contributed by atoms with Crippen LogP contribution in [0.5, 0.6) is 11.5 Å². The van der Waals surface area contributed by atoms with Gasteiger partial charge in [-0.05, 0) is 38.0 Å². The van der Waals surface area contributed by atoms with Crippen molar-refractivity contribution in [1.29, 1.82) is 0 Å². The van der Waals surface area contributed by atoms with Crippen molar-refractivity contribution in [2.24, 2.45) is 5.41 Å². The summed E-state index contributed by atoms with van der Waals surface area (Å²) in [6, 6.07) is 4.42. The predicted molar refractivity (Wildman–Crippen MR) is 75.5 cm³/mol. The largest absolute Gasteiger partial charge is 0.504 e. The number of benzene rings is 1. The summed E-state index contributed by atoms with van der Waals surface area (Å²) in [5.74, 6) is -0.986. The first-order valence-electron chi connectivity index (χ1n) is 6.77. The van der Waals surface area contributed by atoms with Crippen LogP contribution in [0.2, 0.25) is 0 Å². The second kappa shape index (κ2) is 5.63. The number of carboxylic acids is 1. The van der Waals surface area contributed by atoms with Crippen molar-refractivity contribution in [3.05, 3.63) is 23.8 Å². The van der Waals surface area contributed by atoms with Crippen LogP contribution in [0.15, 0.2) is 18.2 Å².